The molecule has 0 aliphatic rings. The van der Waals surface area contributed by atoms with Crippen LogP contribution in [0.25, 0.3) is 0 Å². The molecule has 0 radical (unpaired) electrons. The van der Waals surface area contributed by atoms with E-state index in [1.807, 2.05) is 0 Å². The minimum atomic E-state index is -4.68. The number of nitrogens with one attached hydrogen (secondary N) is 1. The van der Waals surface area contributed by atoms with Crippen molar-refractivity contribution in [3.8, 4) is 11.5 Å². The minimum Gasteiger partial charge on any atom is -0.506 e. The number of aromatic hydroxyl groups is 1. The van der Waals surface area contributed by atoms with Gasteiger partial charge in [-0.2, -0.15) is 0 Å². The van der Waals surface area contributed by atoms with Crippen molar-refractivity contribution in [2.24, 2.45) is 0 Å². The monoisotopic (exact) mass is 284 g/mol. The number of benzene rings is 1. The number of hydrogen-bond acceptors (Lipinski definition) is 4. The third-order valence-corrected chi connectivity index (χ3v) is 2.38. The number of pyridine rings is 1. The molecule has 0 spiro atoms. The number of nitrogens with zero attached hydrogens (tertiary/aromatic N) is 1. The molecule has 106 valence electrons. The van der Waals surface area contributed by atoms with Gasteiger partial charge >= 0.3 is 6.36 Å². The Morgan fingerprint density at radius 1 is 1.10 bits per heavy atom. The van der Waals surface area contributed by atoms with Gasteiger partial charge in [0.1, 0.15) is 17.3 Å². The van der Waals surface area contributed by atoms with Crippen LogP contribution in [0.2, 0.25) is 0 Å². The van der Waals surface area contributed by atoms with Crippen molar-refractivity contribution in [1.29, 1.82) is 0 Å². The maximum atomic E-state index is 12.0. The molecule has 1 aromatic carbocycles. The molecule has 0 atom stereocenters. The van der Waals surface area contributed by atoms with Gasteiger partial charge in [-0.15, -0.1) is 13.2 Å². The standard InChI is InChI=1S/C13H11F3N2O2/c14-13(15,16)20-11-4-1-9(2-5-11)7-17-12-6-3-10(19)8-18-12/h1-6,8,19H,7H2,(H,17,18). The molecule has 2 N–H and O–H groups in total. The highest BCUT2D eigenvalue weighted by Gasteiger charge is 2.30. The topological polar surface area (TPSA) is 54.4 Å². The van der Waals surface area contributed by atoms with Crippen molar-refractivity contribution in [2.45, 2.75) is 12.9 Å². The van der Waals surface area contributed by atoms with Crippen LogP contribution in [0.3, 0.4) is 0 Å². The molecular weight excluding hydrogens is 273 g/mol. The van der Waals surface area contributed by atoms with Crippen LogP contribution in [0.4, 0.5) is 19.0 Å². The molecule has 2 aromatic rings. The SMILES string of the molecule is Oc1ccc(NCc2ccc(OC(F)(F)F)cc2)nc1. The van der Waals surface area contributed by atoms with Gasteiger partial charge in [0.25, 0.3) is 0 Å². The molecule has 20 heavy (non-hydrogen) atoms. The lowest BCUT2D eigenvalue weighted by Crippen LogP contribution is -2.17. The van der Waals surface area contributed by atoms with Crippen LogP contribution in [0.5, 0.6) is 11.5 Å². The van der Waals surface area contributed by atoms with Crippen LogP contribution in [-0.4, -0.2) is 16.5 Å². The number of rotatable bonds is 4. The van der Waals surface area contributed by atoms with Crippen molar-refractivity contribution < 1.29 is 23.0 Å². The highest BCUT2D eigenvalue weighted by atomic mass is 19.4. The molecule has 1 heterocycles. The number of anilines is 1. The van der Waals surface area contributed by atoms with E-state index in [4.69, 9.17) is 5.11 Å². The Bertz CT molecular complexity index is 553. The van der Waals surface area contributed by atoms with Crippen LogP contribution >= 0.6 is 0 Å². The summed E-state index contributed by atoms with van der Waals surface area (Å²) in [5, 5.41) is 12.0. The number of hydrogen-bond donors (Lipinski definition) is 2. The van der Waals surface area contributed by atoms with Crippen LogP contribution in [-0.2, 0) is 6.54 Å². The molecule has 0 bridgehead atoms. The molecule has 1 aromatic heterocycles. The Kier molecular flexibility index (Phi) is 3.97. The molecule has 0 aliphatic carbocycles. The van der Waals surface area contributed by atoms with Gasteiger partial charge < -0.3 is 15.2 Å². The summed E-state index contributed by atoms with van der Waals surface area (Å²) in [6.07, 6.45) is -3.39. The van der Waals surface area contributed by atoms with Crippen molar-refractivity contribution in [3.05, 3.63) is 48.2 Å². The highest BCUT2D eigenvalue weighted by Crippen LogP contribution is 2.22. The summed E-state index contributed by atoms with van der Waals surface area (Å²) in [5.74, 6) is 0.353. The van der Waals surface area contributed by atoms with E-state index < -0.39 is 6.36 Å². The lowest BCUT2D eigenvalue weighted by Gasteiger charge is -2.10. The number of alkyl halides is 3. The van der Waals surface area contributed by atoms with E-state index in [1.54, 1.807) is 6.07 Å². The van der Waals surface area contributed by atoms with Gasteiger partial charge in [0.05, 0.1) is 6.20 Å². The van der Waals surface area contributed by atoms with E-state index in [2.05, 4.69) is 15.0 Å². The van der Waals surface area contributed by atoms with Crippen LogP contribution in [0.1, 0.15) is 5.56 Å². The first kappa shape index (κ1) is 14.0. The first-order valence-corrected chi connectivity index (χ1v) is 5.66. The van der Waals surface area contributed by atoms with Crippen LogP contribution < -0.4 is 10.1 Å². The number of halogens is 3. The molecule has 0 aliphatic heterocycles. The van der Waals surface area contributed by atoms with Crippen LogP contribution in [0.15, 0.2) is 42.6 Å². The van der Waals surface area contributed by atoms with Gasteiger partial charge in [0, 0.05) is 6.54 Å². The second-order valence-electron chi connectivity index (χ2n) is 3.95. The maximum absolute atomic E-state index is 12.0. The predicted molar refractivity (Wildman–Crippen MR) is 66.4 cm³/mol. The van der Waals surface area contributed by atoms with Crippen molar-refractivity contribution in [1.82, 2.24) is 4.98 Å². The van der Waals surface area contributed by atoms with E-state index in [0.717, 1.165) is 5.56 Å². The zero-order valence-corrected chi connectivity index (χ0v) is 10.2. The van der Waals surface area contributed by atoms with E-state index >= 15 is 0 Å². The van der Waals surface area contributed by atoms with Crippen LogP contribution in [0, 0.1) is 0 Å². The predicted octanol–water partition coefficient (Wildman–Crippen LogP) is 3.30. The van der Waals surface area contributed by atoms with Crippen molar-refractivity contribution in [2.75, 3.05) is 5.32 Å². The number of aromatic nitrogens is 1. The largest absolute Gasteiger partial charge is 0.573 e. The molecule has 4 nitrogen and oxygen atoms in total. The Hall–Kier alpha value is -2.44. The van der Waals surface area contributed by atoms with E-state index in [1.165, 1.54) is 36.5 Å². The molecule has 7 heteroatoms. The lowest BCUT2D eigenvalue weighted by molar-refractivity contribution is -0.274. The fourth-order valence-corrected chi connectivity index (χ4v) is 1.49. The Balaban J connectivity index is 1.92. The zero-order chi connectivity index (χ0) is 14.6. The maximum Gasteiger partial charge on any atom is 0.573 e. The fourth-order valence-electron chi connectivity index (χ4n) is 1.49. The summed E-state index contributed by atoms with van der Waals surface area (Å²) in [7, 11) is 0. The van der Waals surface area contributed by atoms with Gasteiger partial charge in [0.15, 0.2) is 0 Å². The Morgan fingerprint density at radius 3 is 2.35 bits per heavy atom. The molecule has 0 fully saturated rings. The normalized spacial score (nSPS) is 11.2. The van der Waals surface area contributed by atoms with Gasteiger partial charge in [0.2, 0.25) is 0 Å². The van der Waals surface area contributed by atoms with Gasteiger partial charge in [-0.1, -0.05) is 12.1 Å². The molecule has 0 saturated carbocycles. The Labute approximate surface area is 112 Å². The smallest absolute Gasteiger partial charge is 0.506 e. The summed E-state index contributed by atoms with van der Waals surface area (Å²) < 4.78 is 39.7. The average molecular weight is 284 g/mol. The molecule has 0 unspecified atom stereocenters. The van der Waals surface area contributed by atoms with Gasteiger partial charge in [-0.05, 0) is 29.8 Å². The summed E-state index contributed by atoms with van der Waals surface area (Å²) in [4.78, 5) is 3.92. The molecule has 0 saturated heterocycles. The summed E-state index contributed by atoms with van der Waals surface area (Å²) >= 11 is 0. The summed E-state index contributed by atoms with van der Waals surface area (Å²) in [6.45, 7) is 0.393. The quantitative estimate of drug-likeness (QED) is 0.904. The lowest BCUT2D eigenvalue weighted by atomic mass is 10.2. The molecule has 0 amide bonds. The first-order valence-electron chi connectivity index (χ1n) is 5.66. The highest BCUT2D eigenvalue weighted by molar-refractivity contribution is 5.38. The summed E-state index contributed by atoms with van der Waals surface area (Å²) in [5.41, 5.74) is 0.773. The molecular formula is C13H11F3N2O2. The van der Waals surface area contributed by atoms with E-state index in [9.17, 15) is 13.2 Å². The Morgan fingerprint density at radius 2 is 1.80 bits per heavy atom. The summed E-state index contributed by atoms with van der Waals surface area (Å²) in [6, 6.07) is 8.61. The number of ether oxygens (including phenoxy) is 1. The average Bonchev–Trinajstić information content (AvgIpc) is 2.38. The van der Waals surface area contributed by atoms with Gasteiger partial charge in [-0.3, -0.25) is 0 Å². The van der Waals surface area contributed by atoms with Gasteiger partial charge in [-0.25, -0.2) is 4.98 Å². The van der Waals surface area contributed by atoms with E-state index in [-0.39, 0.29) is 11.5 Å². The zero-order valence-electron chi connectivity index (χ0n) is 10.2. The third kappa shape index (κ3) is 4.34. The fraction of sp³-hybridized carbons (Fsp3) is 0.154. The van der Waals surface area contributed by atoms with Crippen molar-refractivity contribution in [3.63, 3.8) is 0 Å². The van der Waals surface area contributed by atoms with Crippen molar-refractivity contribution >= 4 is 5.82 Å². The third-order valence-electron chi connectivity index (χ3n) is 2.38. The first-order chi connectivity index (χ1) is 9.42. The minimum absolute atomic E-state index is 0.0594. The second kappa shape index (κ2) is 5.68. The van der Waals surface area contributed by atoms with E-state index in [0.29, 0.717) is 12.4 Å². The second-order valence-corrected chi connectivity index (χ2v) is 3.95. The molecule has 2 rings (SSSR count).